The van der Waals surface area contributed by atoms with E-state index < -0.39 is 41.2 Å². The highest BCUT2D eigenvalue weighted by Gasteiger charge is 2.69. The Labute approximate surface area is 157 Å². The summed E-state index contributed by atoms with van der Waals surface area (Å²) in [5, 5.41) is 10.3. The van der Waals surface area contributed by atoms with Crippen molar-refractivity contribution in [2.75, 3.05) is 0 Å². The van der Waals surface area contributed by atoms with Crippen molar-refractivity contribution in [2.24, 2.45) is 0 Å². The van der Waals surface area contributed by atoms with Crippen LogP contribution in [-0.4, -0.2) is 23.6 Å². The lowest BCUT2D eigenvalue weighted by molar-refractivity contribution is -0.334. The number of aliphatic hydroxyl groups is 1. The summed E-state index contributed by atoms with van der Waals surface area (Å²) in [7, 11) is 0. The predicted molar refractivity (Wildman–Crippen MR) is 83.5 cm³/mol. The lowest BCUT2D eigenvalue weighted by Crippen LogP contribution is -2.53. The average Bonchev–Trinajstić information content (AvgIpc) is 2.58. The molecule has 0 aromatic heterocycles. The van der Waals surface area contributed by atoms with Crippen molar-refractivity contribution in [2.45, 2.75) is 24.1 Å². The van der Waals surface area contributed by atoms with Gasteiger partial charge in [-0.05, 0) is 41.5 Å². The summed E-state index contributed by atoms with van der Waals surface area (Å²) in [5.41, 5.74) is -5.35. The minimum atomic E-state index is -6.25. The molecule has 0 radical (unpaired) electrons. The summed E-state index contributed by atoms with van der Waals surface area (Å²) in [6, 6.07) is 5.99. The molecule has 2 aromatic rings. The smallest absolute Gasteiger partial charge is 0.406 e. The van der Waals surface area contributed by atoms with Crippen molar-refractivity contribution in [3.8, 4) is 5.75 Å². The van der Waals surface area contributed by atoms with Crippen LogP contribution in [0.1, 0.15) is 11.1 Å². The lowest BCUT2D eigenvalue weighted by Gasteiger charge is -2.35. The summed E-state index contributed by atoms with van der Waals surface area (Å²) >= 11 is 0. The predicted octanol–water partition coefficient (Wildman–Crippen LogP) is 5.82. The second-order valence-corrected chi connectivity index (χ2v) is 5.80. The zero-order chi connectivity index (χ0) is 22.1. The largest absolute Gasteiger partial charge is 0.573 e. The first-order valence-corrected chi connectivity index (χ1v) is 7.64. The highest BCUT2D eigenvalue weighted by atomic mass is 19.4. The third-order valence-electron chi connectivity index (χ3n) is 3.73. The number of hydrogen-bond donors (Lipinski definition) is 1. The third-order valence-corrected chi connectivity index (χ3v) is 3.73. The van der Waals surface area contributed by atoms with Crippen LogP contribution >= 0.6 is 0 Å². The average molecular weight is 430 g/mol. The molecular formula is C18H11F9O2. The van der Waals surface area contributed by atoms with Crippen LogP contribution < -0.4 is 4.74 Å². The van der Waals surface area contributed by atoms with Gasteiger partial charge < -0.3 is 9.84 Å². The fourth-order valence-electron chi connectivity index (χ4n) is 2.32. The van der Waals surface area contributed by atoms with E-state index in [0.29, 0.717) is 24.3 Å². The zero-order valence-electron chi connectivity index (χ0n) is 14.0. The van der Waals surface area contributed by atoms with Crippen LogP contribution in [0.15, 0.2) is 54.6 Å². The van der Waals surface area contributed by atoms with Gasteiger partial charge in [0.2, 0.25) is 0 Å². The van der Waals surface area contributed by atoms with Crippen molar-refractivity contribution in [3.05, 3.63) is 71.6 Å². The monoisotopic (exact) mass is 430 g/mol. The number of hydrogen-bond acceptors (Lipinski definition) is 2. The number of benzene rings is 2. The summed E-state index contributed by atoms with van der Waals surface area (Å²) in [4.78, 5) is 0. The molecule has 2 aromatic carbocycles. The van der Waals surface area contributed by atoms with Crippen molar-refractivity contribution in [1.29, 1.82) is 0 Å². The van der Waals surface area contributed by atoms with Crippen molar-refractivity contribution in [3.63, 3.8) is 0 Å². The van der Waals surface area contributed by atoms with Crippen LogP contribution in [-0.2, 0) is 5.60 Å². The Morgan fingerprint density at radius 3 is 1.93 bits per heavy atom. The summed E-state index contributed by atoms with van der Waals surface area (Å²) in [5.74, 6) is -7.62. The molecule has 2 nitrogen and oxygen atoms in total. The highest BCUT2D eigenvalue weighted by Crippen LogP contribution is 2.50. The van der Waals surface area contributed by atoms with Crippen LogP contribution in [0.3, 0.4) is 0 Å². The van der Waals surface area contributed by atoms with E-state index in [2.05, 4.69) is 4.74 Å². The van der Waals surface area contributed by atoms with Gasteiger partial charge in [0.15, 0.2) is 5.60 Å². The summed E-state index contributed by atoms with van der Waals surface area (Å²) in [6.07, 6.45) is -10.8. The molecule has 0 spiro atoms. The molecule has 0 fully saturated rings. The Kier molecular flexibility index (Phi) is 5.94. The van der Waals surface area contributed by atoms with Crippen molar-refractivity contribution in [1.82, 2.24) is 0 Å². The van der Waals surface area contributed by atoms with Crippen LogP contribution in [0.25, 0.3) is 6.08 Å². The molecule has 0 saturated carbocycles. The summed E-state index contributed by atoms with van der Waals surface area (Å²) in [6.45, 7) is 0. The molecule has 0 saturated heterocycles. The van der Waals surface area contributed by atoms with E-state index in [1.807, 2.05) is 0 Å². The maximum atomic E-state index is 14.2. The number of halogens is 9. The quantitative estimate of drug-likeness (QED) is 0.606. The molecule has 158 valence electrons. The van der Waals surface area contributed by atoms with E-state index >= 15 is 0 Å². The normalized spacial score (nSPS) is 15.4. The Morgan fingerprint density at radius 1 is 0.828 bits per heavy atom. The molecule has 0 bridgehead atoms. The van der Waals surface area contributed by atoms with Crippen molar-refractivity contribution < 1.29 is 49.4 Å². The number of alkyl halides is 8. The second-order valence-electron chi connectivity index (χ2n) is 5.80. The van der Waals surface area contributed by atoms with Gasteiger partial charge in [0.1, 0.15) is 11.6 Å². The molecule has 29 heavy (non-hydrogen) atoms. The highest BCUT2D eigenvalue weighted by molar-refractivity contribution is 5.53. The number of rotatable bonds is 5. The van der Waals surface area contributed by atoms with Gasteiger partial charge in [-0.3, -0.25) is 0 Å². The molecule has 0 aliphatic rings. The molecule has 0 aliphatic carbocycles. The molecular weight excluding hydrogens is 419 g/mol. The minimum absolute atomic E-state index is 0.0505. The van der Waals surface area contributed by atoms with Crippen LogP contribution in [0.4, 0.5) is 39.5 Å². The molecule has 0 aliphatic heterocycles. The fraction of sp³-hybridized carbons (Fsp3) is 0.222. The molecule has 1 atom stereocenters. The maximum absolute atomic E-state index is 14.2. The van der Waals surface area contributed by atoms with Crippen LogP contribution in [0.2, 0.25) is 0 Å². The molecule has 2 rings (SSSR count). The Bertz CT molecular complexity index is 870. The Balaban J connectivity index is 2.59. The first-order valence-electron chi connectivity index (χ1n) is 7.64. The second kappa shape index (κ2) is 7.62. The fourth-order valence-corrected chi connectivity index (χ4v) is 2.32. The van der Waals surface area contributed by atoms with Crippen LogP contribution in [0.5, 0.6) is 5.75 Å². The Hall–Kier alpha value is -2.69. The van der Waals surface area contributed by atoms with Crippen LogP contribution in [0, 0.1) is 5.82 Å². The molecule has 0 heterocycles. The van der Waals surface area contributed by atoms with Gasteiger partial charge in [-0.25, -0.2) is 4.39 Å². The lowest BCUT2D eigenvalue weighted by atomic mass is 9.85. The maximum Gasteiger partial charge on any atom is 0.573 e. The van der Waals surface area contributed by atoms with E-state index in [4.69, 9.17) is 0 Å². The van der Waals surface area contributed by atoms with Gasteiger partial charge >= 0.3 is 18.5 Å². The van der Waals surface area contributed by atoms with Crippen molar-refractivity contribution >= 4 is 6.08 Å². The van der Waals surface area contributed by atoms with Gasteiger partial charge in [-0.2, -0.15) is 22.0 Å². The number of ether oxygens (including phenoxy) is 1. The molecule has 0 amide bonds. The summed E-state index contributed by atoms with van der Waals surface area (Å²) < 4.78 is 121. The van der Waals surface area contributed by atoms with E-state index in [1.54, 1.807) is 0 Å². The van der Waals surface area contributed by atoms with E-state index in [1.165, 1.54) is 0 Å². The van der Waals surface area contributed by atoms with E-state index in [9.17, 15) is 44.6 Å². The minimum Gasteiger partial charge on any atom is -0.406 e. The first-order chi connectivity index (χ1) is 13.2. The topological polar surface area (TPSA) is 29.5 Å². The van der Waals surface area contributed by atoms with Gasteiger partial charge in [0.25, 0.3) is 0 Å². The molecule has 1 unspecified atom stereocenters. The standard InChI is InChI=1S/C18H11F9O2/c19-13-6-4-11(5-7-13)8-9-15(28,16(20,21)17(22,23)24)12-2-1-3-14(10-12)29-18(25,26)27/h1-10,28H/b9-8+. The SMILES string of the molecule is OC(/C=C/c1ccc(F)cc1)(c1cccc(OC(F)(F)F)c1)C(F)(F)C(F)(F)F. The van der Waals surface area contributed by atoms with Gasteiger partial charge in [-0.1, -0.05) is 30.3 Å². The Morgan fingerprint density at radius 2 is 1.41 bits per heavy atom. The van der Waals surface area contributed by atoms with Gasteiger partial charge in [0, 0.05) is 0 Å². The van der Waals surface area contributed by atoms with Gasteiger partial charge in [0.05, 0.1) is 0 Å². The zero-order valence-corrected chi connectivity index (χ0v) is 14.0. The van der Waals surface area contributed by atoms with Gasteiger partial charge in [-0.15, -0.1) is 13.2 Å². The molecule has 11 heteroatoms. The third kappa shape index (κ3) is 5.03. The van der Waals surface area contributed by atoms with E-state index in [0.717, 1.165) is 24.3 Å². The molecule has 1 N–H and O–H groups in total. The van der Waals surface area contributed by atoms with E-state index in [-0.39, 0.29) is 17.7 Å². The first kappa shape index (κ1) is 22.6.